The molecular formula is C17H18N2OS. The van der Waals surface area contributed by atoms with Gasteiger partial charge in [0, 0.05) is 16.6 Å². The maximum atomic E-state index is 12.9. The zero-order chi connectivity index (χ0) is 15.0. The minimum absolute atomic E-state index is 0.118. The predicted octanol–water partition coefficient (Wildman–Crippen LogP) is 3.86. The summed E-state index contributed by atoms with van der Waals surface area (Å²) in [6, 6.07) is 15.8. The van der Waals surface area contributed by atoms with Crippen LogP contribution in [0.1, 0.15) is 24.7 Å². The van der Waals surface area contributed by atoms with Gasteiger partial charge in [0.1, 0.15) is 5.25 Å². The monoisotopic (exact) mass is 298 g/mol. The number of thioether (sulfide) groups is 1. The van der Waals surface area contributed by atoms with Crippen LogP contribution in [-0.2, 0) is 4.79 Å². The molecule has 1 aliphatic rings. The summed E-state index contributed by atoms with van der Waals surface area (Å²) in [6.45, 7) is 4.08. The maximum absolute atomic E-state index is 12.9. The third kappa shape index (κ3) is 2.51. The van der Waals surface area contributed by atoms with E-state index in [4.69, 9.17) is 5.73 Å². The number of nitrogens with zero attached hydrogens (tertiary/aromatic N) is 1. The molecule has 0 saturated carbocycles. The Hall–Kier alpha value is -1.94. The molecule has 0 fully saturated rings. The van der Waals surface area contributed by atoms with E-state index in [-0.39, 0.29) is 17.2 Å². The van der Waals surface area contributed by atoms with Crippen LogP contribution in [0.25, 0.3) is 0 Å². The third-order valence-corrected chi connectivity index (χ3v) is 4.86. The lowest BCUT2D eigenvalue weighted by atomic mass is 10.1. The van der Waals surface area contributed by atoms with Crippen molar-refractivity contribution < 1.29 is 4.79 Å². The second-order valence-corrected chi connectivity index (χ2v) is 6.58. The first-order valence-electron chi connectivity index (χ1n) is 7.02. The van der Waals surface area contributed by atoms with Crippen molar-refractivity contribution in [1.82, 2.24) is 0 Å². The van der Waals surface area contributed by atoms with Gasteiger partial charge in [0.25, 0.3) is 0 Å². The molecular weight excluding hydrogens is 280 g/mol. The molecule has 3 rings (SSSR count). The highest BCUT2D eigenvalue weighted by molar-refractivity contribution is 8.00. The van der Waals surface area contributed by atoms with Gasteiger partial charge in [-0.05, 0) is 37.6 Å². The quantitative estimate of drug-likeness (QED) is 0.856. The van der Waals surface area contributed by atoms with Crippen LogP contribution in [0.15, 0.2) is 53.4 Å². The molecule has 0 aromatic heterocycles. The van der Waals surface area contributed by atoms with E-state index in [9.17, 15) is 4.79 Å². The van der Waals surface area contributed by atoms with Crippen molar-refractivity contribution >= 4 is 29.0 Å². The zero-order valence-corrected chi connectivity index (χ0v) is 12.9. The molecule has 0 bridgehead atoms. The Bertz CT molecular complexity index is 670. The van der Waals surface area contributed by atoms with E-state index in [0.717, 1.165) is 21.8 Å². The number of fused-ring (bicyclic) bond motifs is 1. The summed E-state index contributed by atoms with van der Waals surface area (Å²) in [5, 5.41) is -0.206. The highest BCUT2D eigenvalue weighted by atomic mass is 32.2. The van der Waals surface area contributed by atoms with Crippen molar-refractivity contribution in [3.8, 4) is 0 Å². The van der Waals surface area contributed by atoms with E-state index < -0.39 is 0 Å². The maximum Gasteiger partial charge on any atom is 0.245 e. The van der Waals surface area contributed by atoms with Crippen molar-refractivity contribution in [3.63, 3.8) is 0 Å². The van der Waals surface area contributed by atoms with Gasteiger partial charge in [-0.3, -0.25) is 4.79 Å². The van der Waals surface area contributed by atoms with E-state index in [2.05, 4.69) is 0 Å². The molecule has 0 radical (unpaired) electrons. The molecule has 108 valence electrons. The largest absolute Gasteiger partial charge is 0.399 e. The standard InChI is InChI=1S/C17H18N2OS/c1-11(2)19-14-9-8-13(18)10-15(14)21-16(17(19)20)12-6-4-3-5-7-12/h3-11,16H,18H2,1-2H3. The summed E-state index contributed by atoms with van der Waals surface area (Å²) in [4.78, 5) is 15.8. The number of anilines is 2. The second kappa shape index (κ2) is 5.45. The van der Waals surface area contributed by atoms with E-state index in [1.54, 1.807) is 11.8 Å². The summed E-state index contributed by atoms with van der Waals surface area (Å²) in [5.41, 5.74) is 8.63. The molecule has 0 spiro atoms. The average molecular weight is 298 g/mol. The van der Waals surface area contributed by atoms with E-state index in [1.165, 1.54) is 0 Å². The topological polar surface area (TPSA) is 46.3 Å². The Morgan fingerprint density at radius 2 is 1.86 bits per heavy atom. The normalized spacial score (nSPS) is 18.0. The van der Waals surface area contributed by atoms with Crippen molar-refractivity contribution in [1.29, 1.82) is 0 Å². The van der Waals surface area contributed by atoms with Crippen LogP contribution in [0, 0.1) is 0 Å². The number of rotatable bonds is 2. The van der Waals surface area contributed by atoms with Crippen LogP contribution in [0.5, 0.6) is 0 Å². The summed E-state index contributed by atoms with van der Waals surface area (Å²) in [6.07, 6.45) is 0. The highest BCUT2D eigenvalue weighted by Gasteiger charge is 2.35. The Morgan fingerprint density at radius 3 is 2.52 bits per heavy atom. The number of hydrogen-bond acceptors (Lipinski definition) is 3. The first-order valence-corrected chi connectivity index (χ1v) is 7.90. The van der Waals surface area contributed by atoms with Gasteiger partial charge in [-0.1, -0.05) is 30.3 Å². The second-order valence-electron chi connectivity index (χ2n) is 5.44. The first-order chi connectivity index (χ1) is 10.1. The minimum Gasteiger partial charge on any atom is -0.399 e. The molecule has 0 aliphatic carbocycles. The van der Waals surface area contributed by atoms with Crippen molar-refractivity contribution in [2.75, 3.05) is 10.6 Å². The van der Waals surface area contributed by atoms with Crippen LogP contribution < -0.4 is 10.6 Å². The molecule has 1 atom stereocenters. The Kier molecular flexibility index (Phi) is 3.64. The molecule has 1 amide bonds. The molecule has 2 N–H and O–H groups in total. The van der Waals surface area contributed by atoms with Gasteiger partial charge >= 0.3 is 0 Å². The van der Waals surface area contributed by atoms with Gasteiger partial charge in [0.2, 0.25) is 5.91 Å². The summed E-state index contributed by atoms with van der Waals surface area (Å²) in [7, 11) is 0. The molecule has 0 saturated heterocycles. The Labute approximate surface area is 129 Å². The van der Waals surface area contributed by atoms with Crippen LogP contribution in [0.3, 0.4) is 0 Å². The fourth-order valence-corrected chi connectivity index (χ4v) is 3.87. The van der Waals surface area contributed by atoms with Gasteiger partial charge in [-0.15, -0.1) is 11.8 Å². The number of amides is 1. The van der Waals surface area contributed by atoms with E-state index in [1.807, 2.05) is 67.3 Å². The molecule has 21 heavy (non-hydrogen) atoms. The van der Waals surface area contributed by atoms with Crippen LogP contribution in [-0.4, -0.2) is 11.9 Å². The molecule has 4 heteroatoms. The number of nitrogen functional groups attached to an aromatic ring is 1. The van der Waals surface area contributed by atoms with Crippen molar-refractivity contribution in [2.45, 2.75) is 30.0 Å². The average Bonchev–Trinajstić information content (AvgIpc) is 2.47. The number of benzene rings is 2. The first kappa shape index (κ1) is 14.0. The SMILES string of the molecule is CC(C)N1C(=O)C(c2ccccc2)Sc2cc(N)ccc21. The van der Waals surface area contributed by atoms with Gasteiger partial charge in [-0.2, -0.15) is 0 Å². The zero-order valence-electron chi connectivity index (χ0n) is 12.1. The van der Waals surface area contributed by atoms with Gasteiger partial charge in [-0.25, -0.2) is 0 Å². The highest BCUT2D eigenvalue weighted by Crippen LogP contribution is 2.47. The number of carbonyl (C=O) groups excluding carboxylic acids is 1. The molecule has 3 nitrogen and oxygen atoms in total. The van der Waals surface area contributed by atoms with Gasteiger partial charge in [0.05, 0.1) is 5.69 Å². The lowest BCUT2D eigenvalue weighted by molar-refractivity contribution is -0.118. The third-order valence-electron chi connectivity index (χ3n) is 3.57. The lowest BCUT2D eigenvalue weighted by Crippen LogP contribution is -2.42. The minimum atomic E-state index is -0.206. The number of carbonyl (C=O) groups is 1. The van der Waals surface area contributed by atoms with E-state index >= 15 is 0 Å². The fourth-order valence-electron chi connectivity index (χ4n) is 2.62. The number of hydrogen-bond donors (Lipinski definition) is 1. The van der Waals surface area contributed by atoms with Crippen LogP contribution in [0.2, 0.25) is 0 Å². The predicted molar refractivity (Wildman–Crippen MR) is 88.5 cm³/mol. The van der Waals surface area contributed by atoms with Crippen molar-refractivity contribution in [3.05, 3.63) is 54.1 Å². The Morgan fingerprint density at radius 1 is 1.14 bits per heavy atom. The summed E-state index contributed by atoms with van der Waals surface area (Å²) >= 11 is 1.58. The number of nitrogens with two attached hydrogens (primary N) is 1. The van der Waals surface area contributed by atoms with E-state index in [0.29, 0.717) is 0 Å². The lowest BCUT2D eigenvalue weighted by Gasteiger charge is -2.36. The molecule has 1 heterocycles. The summed E-state index contributed by atoms with van der Waals surface area (Å²) in [5.74, 6) is 0.137. The van der Waals surface area contributed by atoms with Crippen molar-refractivity contribution in [2.24, 2.45) is 0 Å². The smallest absolute Gasteiger partial charge is 0.245 e. The molecule has 1 unspecified atom stereocenters. The van der Waals surface area contributed by atoms with Crippen LogP contribution in [0.4, 0.5) is 11.4 Å². The Balaban J connectivity index is 2.09. The van der Waals surface area contributed by atoms with Gasteiger partial charge in [0.15, 0.2) is 0 Å². The van der Waals surface area contributed by atoms with Crippen LogP contribution >= 0.6 is 11.8 Å². The molecule has 1 aliphatic heterocycles. The molecule has 2 aromatic rings. The molecule has 2 aromatic carbocycles. The van der Waals surface area contributed by atoms with Gasteiger partial charge < -0.3 is 10.6 Å². The fraction of sp³-hybridized carbons (Fsp3) is 0.235. The summed E-state index contributed by atoms with van der Waals surface area (Å²) < 4.78 is 0.